The summed E-state index contributed by atoms with van der Waals surface area (Å²) in [6.07, 6.45) is 6.10. The van der Waals surface area contributed by atoms with Crippen LogP contribution in [0.25, 0.3) is 17.0 Å². The van der Waals surface area contributed by atoms with Crippen LogP contribution in [0.1, 0.15) is 65.1 Å². The average Bonchev–Trinajstić information content (AvgIpc) is 2.94. The van der Waals surface area contributed by atoms with Crippen LogP contribution in [-0.2, 0) is 25.6 Å². The Kier molecular flexibility index (Phi) is 10.8. The third kappa shape index (κ3) is 7.88. The van der Waals surface area contributed by atoms with Gasteiger partial charge in [0.2, 0.25) is 11.8 Å². The molecule has 1 saturated heterocycles. The standard InChI is InChI=1S/C30H41N5O5/c1-6-21(12-10-20-11-13-22-14-15-23(7-2)32-25(22)17-20)27(36)33-26(18(3)4)28(37)31-19(5)29(38)35-16-8-9-24(34-35)30(39)40/h10-15,17-19,21,24,26,34H,6-9,16H2,1-5H3,(H,31,37)(H,33,36)(H,39,40)/b12-10+/t19?,21-,24?,26?/m0/s1. The van der Waals surface area contributed by atoms with Crippen molar-refractivity contribution in [1.82, 2.24) is 26.1 Å². The number of fused-ring (bicyclic) bond motifs is 1. The van der Waals surface area contributed by atoms with Crippen LogP contribution in [-0.4, -0.2) is 63.5 Å². The van der Waals surface area contributed by atoms with Crippen molar-refractivity contribution in [2.75, 3.05) is 6.54 Å². The summed E-state index contributed by atoms with van der Waals surface area (Å²) in [5, 5.41) is 17.1. The van der Waals surface area contributed by atoms with E-state index in [-0.39, 0.29) is 11.8 Å². The van der Waals surface area contributed by atoms with Gasteiger partial charge in [-0.15, -0.1) is 0 Å². The second kappa shape index (κ2) is 14.0. The number of hydrogen-bond acceptors (Lipinski definition) is 6. The molecule has 0 saturated carbocycles. The Morgan fingerprint density at radius 1 is 1.10 bits per heavy atom. The highest BCUT2D eigenvalue weighted by Gasteiger charge is 2.33. The van der Waals surface area contributed by atoms with Gasteiger partial charge in [0.1, 0.15) is 18.1 Å². The first kappa shape index (κ1) is 30.7. The number of carbonyl (C=O) groups excluding carboxylic acids is 3. The number of rotatable bonds is 11. The van der Waals surface area contributed by atoms with Gasteiger partial charge in [0.15, 0.2) is 0 Å². The topological polar surface area (TPSA) is 141 Å². The number of nitrogens with one attached hydrogen (secondary N) is 3. The maximum absolute atomic E-state index is 13.2. The molecule has 2 heterocycles. The highest BCUT2D eigenvalue weighted by molar-refractivity contribution is 5.93. The number of aryl methyl sites for hydroxylation is 1. The molecule has 1 aromatic carbocycles. The number of hydrazine groups is 1. The fourth-order valence-corrected chi connectivity index (χ4v) is 4.63. The van der Waals surface area contributed by atoms with Crippen LogP contribution in [0.15, 0.2) is 36.4 Å². The summed E-state index contributed by atoms with van der Waals surface area (Å²) >= 11 is 0. The van der Waals surface area contributed by atoms with Gasteiger partial charge in [-0.1, -0.05) is 58.0 Å². The quantitative estimate of drug-likeness (QED) is 0.336. The zero-order valence-corrected chi connectivity index (χ0v) is 23.9. The molecular weight excluding hydrogens is 510 g/mol. The predicted octanol–water partition coefficient (Wildman–Crippen LogP) is 3.06. The second-order valence-electron chi connectivity index (χ2n) is 10.6. The molecule has 0 aliphatic carbocycles. The van der Waals surface area contributed by atoms with E-state index in [1.807, 2.05) is 57.2 Å². The first-order valence-electron chi connectivity index (χ1n) is 14.0. The summed E-state index contributed by atoms with van der Waals surface area (Å²) in [5.74, 6) is -2.89. The van der Waals surface area contributed by atoms with Gasteiger partial charge >= 0.3 is 5.97 Å². The van der Waals surface area contributed by atoms with E-state index in [0.717, 1.165) is 28.6 Å². The first-order valence-corrected chi connectivity index (χ1v) is 14.0. The lowest BCUT2D eigenvalue weighted by Gasteiger charge is -2.34. The van der Waals surface area contributed by atoms with Gasteiger partial charge in [0.05, 0.1) is 11.4 Å². The summed E-state index contributed by atoms with van der Waals surface area (Å²) in [7, 11) is 0. The minimum absolute atomic E-state index is 0.225. The lowest BCUT2D eigenvalue weighted by molar-refractivity contribution is -0.148. The third-order valence-electron chi connectivity index (χ3n) is 7.16. The zero-order valence-electron chi connectivity index (χ0n) is 23.9. The van der Waals surface area contributed by atoms with Crippen molar-refractivity contribution in [2.24, 2.45) is 11.8 Å². The van der Waals surface area contributed by atoms with Crippen LogP contribution < -0.4 is 16.1 Å². The van der Waals surface area contributed by atoms with Crippen molar-refractivity contribution in [3.05, 3.63) is 47.7 Å². The molecular formula is C30H41N5O5. The molecule has 4 atom stereocenters. The van der Waals surface area contributed by atoms with Crippen molar-refractivity contribution in [1.29, 1.82) is 0 Å². The molecule has 3 amide bonds. The summed E-state index contributed by atoms with van der Waals surface area (Å²) in [6, 6.07) is 7.47. The van der Waals surface area contributed by atoms with Crippen molar-refractivity contribution in [2.45, 2.75) is 78.4 Å². The number of amides is 3. The number of aliphatic carboxylic acids is 1. The van der Waals surface area contributed by atoms with Crippen molar-refractivity contribution in [3.63, 3.8) is 0 Å². The Morgan fingerprint density at radius 2 is 1.82 bits per heavy atom. The SMILES string of the molecule is CCc1ccc2ccc(/C=C/[C@H](CC)C(=O)NC(C(=O)NC(C)C(=O)N3CCCC(C(=O)O)N3)C(C)C)cc2n1. The predicted molar refractivity (Wildman–Crippen MR) is 154 cm³/mol. The number of carboxylic acid groups (broad SMARTS) is 1. The van der Waals surface area contributed by atoms with Crippen molar-refractivity contribution < 1.29 is 24.3 Å². The van der Waals surface area contributed by atoms with E-state index < -0.39 is 41.8 Å². The molecule has 10 nitrogen and oxygen atoms in total. The van der Waals surface area contributed by atoms with Gasteiger partial charge in [-0.25, -0.2) is 5.43 Å². The molecule has 0 spiro atoms. The van der Waals surface area contributed by atoms with E-state index in [2.05, 4.69) is 34.0 Å². The van der Waals surface area contributed by atoms with E-state index in [1.54, 1.807) is 6.92 Å². The van der Waals surface area contributed by atoms with E-state index in [4.69, 9.17) is 0 Å². The van der Waals surface area contributed by atoms with E-state index in [9.17, 15) is 24.3 Å². The van der Waals surface area contributed by atoms with Crippen molar-refractivity contribution in [3.8, 4) is 0 Å². The molecule has 2 aromatic rings. The minimum Gasteiger partial charge on any atom is -0.480 e. The summed E-state index contributed by atoms with van der Waals surface area (Å²) in [6.45, 7) is 9.52. The van der Waals surface area contributed by atoms with Crippen LogP contribution in [0, 0.1) is 11.8 Å². The normalized spacial score (nSPS) is 17.9. The van der Waals surface area contributed by atoms with E-state index in [0.29, 0.717) is 25.8 Å². The minimum atomic E-state index is -1.03. The Labute approximate surface area is 235 Å². The number of nitrogens with zero attached hydrogens (tertiary/aromatic N) is 2. The second-order valence-corrected chi connectivity index (χ2v) is 10.6. The van der Waals surface area contributed by atoms with E-state index in [1.165, 1.54) is 5.01 Å². The number of carboxylic acids is 1. The van der Waals surface area contributed by atoms with Gasteiger partial charge < -0.3 is 15.7 Å². The molecule has 3 rings (SSSR count). The summed E-state index contributed by atoms with van der Waals surface area (Å²) in [5.41, 5.74) is 5.56. The fraction of sp³-hybridized carbons (Fsp3) is 0.500. The van der Waals surface area contributed by atoms with Crippen LogP contribution in [0.3, 0.4) is 0 Å². The van der Waals surface area contributed by atoms with Gasteiger partial charge in [-0.3, -0.25) is 29.2 Å². The number of carbonyl (C=O) groups is 4. The number of benzene rings is 1. The number of pyridine rings is 1. The highest BCUT2D eigenvalue weighted by Crippen LogP contribution is 2.18. The molecule has 216 valence electrons. The maximum atomic E-state index is 13.2. The van der Waals surface area contributed by atoms with Gasteiger partial charge in [-0.2, -0.15) is 0 Å². The van der Waals surface area contributed by atoms with Crippen LogP contribution in [0.2, 0.25) is 0 Å². The molecule has 1 aliphatic heterocycles. The molecule has 3 unspecified atom stereocenters. The lowest BCUT2D eigenvalue weighted by Crippen LogP contribution is -2.60. The Morgan fingerprint density at radius 3 is 2.48 bits per heavy atom. The molecule has 1 aliphatic rings. The molecule has 0 bridgehead atoms. The largest absolute Gasteiger partial charge is 0.480 e. The van der Waals surface area contributed by atoms with Crippen LogP contribution in [0.4, 0.5) is 0 Å². The average molecular weight is 552 g/mol. The number of hydrogen-bond donors (Lipinski definition) is 4. The highest BCUT2D eigenvalue weighted by atomic mass is 16.4. The summed E-state index contributed by atoms with van der Waals surface area (Å²) in [4.78, 5) is 55.1. The van der Waals surface area contributed by atoms with Crippen molar-refractivity contribution >= 4 is 40.7 Å². The number of aromatic nitrogens is 1. The molecule has 1 fully saturated rings. The molecule has 10 heteroatoms. The maximum Gasteiger partial charge on any atom is 0.322 e. The fourth-order valence-electron chi connectivity index (χ4n) is 4.63. The smallest absolute Gasteiger partial charge is 0.322 e. The third-order valence-corrected chi connectivity index (χ3v) is 7.16. The Bertz CT molecular complexity index is 1260. The zero-order chi connectivity index (χ0) is 29.4. The van der Waals surface area contributed by atoms with E-state index >= 15 is 0 Å². The lowest BCUT2D eigenvalue weighted by atomic mass is 9.99. The monoisotopic (exact) mass is 551 g/mol. The summed E-state index contributed by atoms with van der Waals surface area (Å²) < 4.78 is 0. The van der Waals surface area contributed by atoms with Gasteiger partial charge in [-0.05, 0) is 56.2 Å². The van der Waals surface area contributed by atoms with Gasteiger partial charge in [0.25, 0.3) is 5.91 Å². The molecule has 0 radical (unpaired) electrons. The molecule has 40 heavy (non-hydrogen) atoms. The molecule has 1 aromatic heterocycles. The first-order chi connectivity index (χ1) is 19.0. The van der Waals surface area contributed by atoms with Crippen LogP contribution >= 0.6 is 0 Å². The Hall–Kier alpha value is -3.79. The Balaban J connectivity index is 1.64. The van der Waals surface area contributed by atoms with Crippen LogP contribution in [0.5, 0.6) is 0 Å². The molecule has 4 N–H and O–H groups in total. The van der Waals surface area contributed by atoms with Gasteiger partial charge in [0, 0.05) is 17.6 Å².